The van der Waals surface area contributed by atoms with Crippen LogP contribution in [0.2, 0.25) is 0 Å². The van der Waals surface area contributed by atoms with E-state index in [0.29, 0.717) is 18.1 Å². The lowest BCUT2D eigenvalue weighted by Crippen LogP contribution is -2.35. The summed E-state index contributed by atoms with van der Waals surface area (Å²) in [4.78, 5) is 0. The normalized spacial score (nSPS) is 13.1. The molecule has 1 heterocycles. The Morgan fingerprint density at radius 3 is 2.70 bits per heavy atom. The van der Waals surface area contributed by atoms with E-state index in [2.05, 4.69) is 6.07 Å². The fourth-order valence-electron chi connectivity index (χ4n) is 2.62. The van der Waals surface area contributed by atoms with Crippen molar-refractivity contribution in [2.75, 3.05) is 0 Å². The van der Waals surface area contributed by atoms with Crippen molar-refractivity contribution in [3.05, 3.63) is 65.3 Å². The topological polar surface area (TPSA) is 3.88 Å². The third kappa shape index (κ3) is 2.00. The molecule has 1 aromatic heterocycles. The zero-order valence-corrected chi connectivity index (χ0v) is 12.3. The quantitative estimate of drug-likeness (QED) is 0.579. The highest BCUT2D eigenvalue weighted by Crippen LogP contribution is 2.29. The highest BCUT2D eigenvalue weighted by atomic mass is 14.9. The molecule has 0 atom stereocenters. The molecule has 0 saturated heterocycles. The average molecular weight is 265 g/mol. The number of aryl methyl sites for hydroxylation is 1. The van der Waals surface area contributed by atoms with Crippen molar-refractivity contribution in [2.45, 2.75) is 20.8 Å². The van der Waals surface area contributed by atoms with Crippen molar-refractivity contribution in [1.82, 2.24) is 0 Å². The van der Waals surface area contributed by atoms with Gasteiger partial charge in [-0.25, -0.2) is 0 Å². The molecule has 0 aliphatic rings. The first-order valence-electron chi connectivity index (χ1n) is 8.29. The molecular weight excluding hydrogens is 242 g/mol. The van der Waals surface area contributed by atoms with E-state index >= 15 is 0 Å². The van der Waals surface area contributed by atoms with Crippen molar-refractivity contribution < 1.29 is 8.68 Å². The lowest BCUT2D eigenvalue weighted by Gasteiger charge is -2.10. The van der Waals surface area contributed by atoms with Crippen molar-refractivity contribution in [3.8, 4) is 11.3 Å². The Balaban J connectivity index is 2.54. The summed E-state index contributed by atoms with van der Waals surface area (Å²) in [6.07, 6.45) is 0. The number of nitrogens with zero attached hydrogens (tertiary/aromatic N) is 1. The Hall–Kier alpha value is -2.15. The molecule has 3 rings (SSSR count). The second kappa shape index (κ2) is 4.75. The van der Waals surface area contributed by atoms with Crippen LogP contribution in [0.4, 0.5) is 0 Å². The molecule has 0 aliphatic carbocycles. The van der Waals surface area contributed by atoms with Crippen LogP contribution in [0.1, 0.15) is 20.9 Å². The summed E-state index contributed by atoms with van der Waals surface area (Å²) in [6.45, 7) is 5.89. The van der Waals surface area contributed by atoms with Crippen LogP contribution in [0.3, 0.4) is 0 Å². The zero-order valence-electron chi connectivity index (χ0n) is 15.3. The van der Waals surface area contributed by atoms with Gasteiger partial charge in [0.1, 0.15) is 7.05 Å². The van der Waals surface area contributed by atoms with Gasteiger partial charge in [-0.05, 0) is 36.9 Å². The molecule has 0 saturated carbocycles. The number of hydrogen-bond acceptors (Lipinski definition) is 0. The van der Waals surface area contributed by atoms with Crippen molar-refractivity contribution >= 4 is 10.8 Å². The number of rotatable bonds is 1. The van der Waals surface area contributed by atoms with E-state index in [1.165, 1.54) is 0 Å². The van der Waals surface area contributed by atoms with Crippen LogP contribution < -0.4 is 4.57 Å². The van der Waals surface area contributed by atoms with Crippen LogP contribution in [0, 0.1) is 20.8 Å². The predicted molar refractivity (Wildman–Crippen MR) is 84.8 cm³/mol. The van der Waals surface area contributed by atoms with Crippen LogP contribution in [0.25, 0.3) is 22.0 Å². The molecule has 20 heavy (non-hydrogen) atoms. The molecule has 1 nitrogen and oxygen atoms in total. The summed E-state index contributed by atoms with van der Waals surface area (Å²) in [5, 5.41) is 1.90. The molecule has 0 bridgehead atoms. The highest BCUT2D eigenvalue weighted by Gasteiger charge is 2.19. The van der Waals surface area contributed by atoms with E-state index in [1.54, 1.807) is 6.07 Å². The second-order valence-electron chi connectivity index (χ2n) is 5.31. The van der Waals surface area contributed by atoms with E-state index in [0.717, 1.165) is 38.9 Å². The lowest BCUT2D eigenvalue weighted by molar-refractivity contribution is -0.665. The monoisotopic (exact) mass is 265 g/mol. The SMILES string of the molecule is [2H]c1cc([2H])c(C)c(-c2c3cc(C)ccc3c([2H])c(C)[n+]2C)c1. The van der Waals surface area contributed by atoms with E-state index in [1.807, 2.05) is 50.6 Å². The number of hydrogen-bond donors (Lipinski definition) is 0. The molecule has 1 heteroatoms. The predicted octanol–water partition coefficient (Wildman–Crippen LogP) is 4.26. The number of benzene rings is 2. The van der Waals surface area contributed by atoms with Gasteiger partial charge in [-0.2, -0.15) is 4.57 Å². The largest absolute Gasteiger partial charge is 0.220 e. The smallest absolute Gasteiger partial charge is 0.198 e. The molecule has 0 spiro atoms. The van der Waals surface area contributed by atoms with Gasteiger partial charge < -0.3 is 0 Å². The van der Waals surface area contributed by atoms with E-state index in [9.17, 15) is 0 Å². The van der Waals surface area contributed by atoms with Gasteiger partial charge in [0.05, 0.1) is 9.50 Å². The number of aromatic nitrogens is 1. The van der Waals surface area contributed by atoms with Crippen molar-refractivity contribution in [2.24, 2.45) is 7.05 Å². The van der Waals surface area contributed by atoms with Gasteiger partial charge in [0.25, 0.3) is 0 Å². The van der Waals surface area contributed by atoms with Gasteiger partial charge in [0.15, 0.2) is 5.69 Å². The summed E-state index contributed by atoms with van der Waals surface area (Å²) in [6, 6.07) is 10.7. The van der Waals surface area contributed by atoms with Crippen molar-refractivity contribution in [1.29, 1.82) is 0 Å². The highest BCUT2D eigenvalue weighted by molar-refractivity contribution is 5.94. The number of fused-ring (bicyclic) bond motifs is 1. The first kappa shape index (κ1) is 9.71. The molecule has 0 N–H and O–H groups in total. The molecular formula is C19H20N+. The van der Waals surface area contributed by atoms with E-state index in [-0.39, 0.29) is 0 Å². The summed E-state index contributed by atoms with van der Waals surface area (Å²) in [7, 11) is 1.95. The third-order valence-corrected chi connectivity index (χ3v) is 3.84. The molecule has 100 valence electrons. The fourth-order valence-corrected chi connectivity index (χ4v) is 2.62. The maximum absolute atomic E-state index is 8.40. The summed E-state index contributed by atoms with van der Waals surface area (Å²) in [5.74, 6) is 0. The van der Waals surface area contributed by atoms with Gasteiger partial charge in [-0.15, -0.1) is 0 Å². The molecule has 0 amide bonds. The van der Waals surface area contributed by atoms with Crippen LogP contribution in [0.15, 0.2) is 48.5 Å². The number of pyridine rings is 1. The molecule has 3 aromatic rings. The molecule has 0 unspecified atom stereocenters. The van der Waals surface area contributed by atoms with Gasteiger partial charge in [-0.3, -0.25) is 0 Å². The third-order valence-electron chi connectivity index (χ3n) is 3.84. The van der Waals surface area contributed by atoms with Crippen molar-refractivity contribution in [3.63, 3.8) is 0 Å². The van der Waals surface area contributed by atoms with Gasteiger partial charge >= 0.3 is 0 Å². The maximum Gasteiger partial charge on any atom is 0.220 e. The van der Waals surface area contributed by atoms with E-state index in [4.69, 9.17) is 4.11 Å². The first-order chi connectivity index (χ1) is 10.8. The van der Waals surface area contributed by atoms with E-state index < -0.39 is 0 Å². The van der Waals surface area contributed by atoms with Gasteiger partial charge in [0, 0.05) is 18.5 Å². The maximum atomic E-state index is 8.40. The summed E-state index contributed by atoms with van der Waals surface area (Å²) >= 11 is 0. The van der Waals surface area contributed by atoms with Crippen LogP contribution >= 0.6 is 0 Å². The van der Waals surface area contributed by atoms with Crippen LogP contribution in [-0.2, 0) is 7.05 Å². The summed E-state index contributed by atoms with van der Waals surface area (Å²) < 4.78 is 26.5. The minimum Gasteiger partial charge on any atom is -0.198 e. The van der Waals surface area contributed by atoms with Crippen LogP contribution in [-0.4, -0.2) is 0 Å². The Bertz CT molecular complexity index is 945. The average Bonchev–Trinajstić information content (AvgIpc) is 2.49. The molecule has 0 aliphatic heterocycles. The summed E-state index contributed by atoms with van der Waals surface area (Å²) in [5.41, 5.74) is 4.72. The minimum absolute atomic E-state index is 0.337. The zero-order chi connectivity index (χ0) is 16.9. The van der Waals surface area contributed by atoms with Gasteiger partial charge in [0.2, 0.25) is 5.69 Å². The Kier molecular flexibility index (Phi) is 2.31. The Labute approximate surface area is 124 Å². The Morgan fingerprint density at radius 1 is 1.10 bits per heavy atom. The standard InChI is InChI=1S/C19H20N/c1-13-9-10-16-12-15(3)20(4)19(18(16)11-13)17-8-6-5-7-14(17)2/h5-12H,1-4H3/q+1/i6D,7D,12D. The van der Waals surface area contributed by atoms with Gasteiger partial charge in [-0.1, -0.05) is 35.8 Å². The second-order valence-corrected chi connectivity index (χ2v) is 5.31. The molecule has 0 radical (unpaired) electrons. The molecule has 2 aromatic carbocycles. The molecule has 0 fully saturated rings. The fraction of sp³-hybridized carbons (Fsp3) is 0.211. The Morgan fingerprint density at radius 2 is 1.90 bits per heavy atom. The first-order valence-corrected chi connectivity index (χ1v) is 6.79. The van der Waals surface area contributed by atoms with Crippen LogP contribution in [0.5, 0.6) is 0 Å². The lowest BCUT2D eigenvalue weighted by atomic mass is 9.98. The minimum atomic E-state index is 0.337.